The third-order valence-electron chi connectivity index (χ3n) is 5.47. The van der Waals surface area contributed by atoms with Crippen molar-refractivity contribution in [3.05, 3.63) is 95.8 Å². The average molecular weight is 432 g/mol. The number of rotatable bonds is 7. The molecule has 0 bridgehead atoms. The third kappa shape index (κ3) is 5.52. The summed E-state index contributed by atoms with van der Waals surface area (Å²) in [6, 6.07) is 22.4. The number of anilines is 1. The highest BCUT2D eigenvalue weighted by Crippen LogP contribution is 2.22. The molecule has 1 aliphatic heterocycles. The van der Waals surface area contributed by atoms with E-state index in [1.807, 2.05) is 48.5 Å². The number of ether oxygens (including phenoxy) is 1. The first-order chi connectivity index (χ1) is 15.6. The summed E-state index contributed by atoms with van der Waals surface area (Å²) in [5, 5.41) is 2.93. The van der Waals surface area contributed by atoms with Crippen molar-refractivity contribution in [1.29, 1.82) is 0 Å². The van der Waals surface area contributed by atoms with Crippen molar-refractivity contribution in [2.24, 2.45) is 0 Å². The Labute approximate surface area is 186 Å². The van der Waals surface area contributed by atoms with Gasteiger partial charge in [-0.25, -0.2) is 4.39 Å². The maximum Gasteiger partial charge on any atom is 0.247 e. The lowest BCUT2D eigenvalue weighted by atomic mass is 10.1. The fourth-order valence-electron chi connectivity index (χ4n) is 3.90. The summed E-state index contributed by atoms with van der Waals surface area (Å²) in [7, 11) is 0. The average Bonchev–Trinajstić information content (AvgIpc) is 3.29. The van der Waals surface area contributed by atoms with E-state index in [2.05, 4.69) is 5.32 Å². The van der Waals surface area contributed by atoms with Gasteiger partial charge in [-0.05, 0) is 48.2 Å². The van der Waals surface area contributed by atoms with Crippen LogP contribution in [0.15, 0.2) is 78.9 Å². The maximum absolute atomic E-state index is 13.3. The molecule has 3 aromatic rings. The molecule has 4 rings (SSSR count). The summed E-state index contributed by atoms with van der Waals surface area (Å²) < 4.78 is 18.9. The van der Waals surface area contributed by atoms with Gasteiger partial charge in [0.15, 0.2) is 0 Å². The second-order valence-corrected chi connectivity index (χ2v) is 7.84. The monoisotopic (exact) mass is 432 g/mol. The zero-order chi connectivity index (χ0) is 22.3. The minimum Gasteiger partial charge on any atom is -0.489 e. The molecule has 5 nitrogen and oxygen atoms in total. The van der Waals surface area contributed by atoms with Gasteiger partial charge in [0, 0.05) is 18.3 Å². The Bertz CT molecular complexity index is 1090. The van der Waals surface area contributed by atoms with Gasteiger partial charge in [-0.2, -0.15) is 0 Å². The van der Waals surface area contributed by atoms with Crippen LogP contribution in [0.3, 0.4) is 0 Å². The lowest BCUT2D eigenvalue weighted by Crippen LogP contribution is -2.43. The fourth-order valence-corrected chi connectivity index (χ4v) is 3.90. The van der Waals surface area contributed by atoms with Gasteiger partial charge in [0.1, 0.15) is 24.2 Å². The van der Waals surface area contributed by atoms with Crippen molar-refractivity contribution in [3.63, 3.8) is 0 Å². The van der Waals surface area contributed by atoms with Crippen molar-refractivity contribution >= 4 is 17.5 Å². The highest BCUT2D eigenvalue weighted by molar-refractivity contribution is 5.97. The molecule has 3 aromatic carbocycles. The standard InChI is InChI=1S/C26H25FN2O3/c27-21-10-5-12-23(17-21)32-18-20-9-4-11-22(15-20)28-26(31)24-13-6-14-29(24)25(30)16-19-7-2-1-3-8-19/h1-5,7-12,15,17,24H,6,13-14,16,18H2,(H,28,31). The molecule has 0 aromatic heterocycles. The highest BCUT2D eigenvalue weighted by Gasteiger charge is 2.33. The summed E-state index contributed by atoms with van der Waals surface area (Å²) >= 11 is 0. The van der Waals surface area contributed by atoms with E-state index in [9.17, 15) is 14.0 Å². The molecule has 32 heavy (non-hydrogen) atoms. The molecular formula is C26H25FN2O3. The summed E-state index contributed by atoms with van der Waals surface area (Å²) in [5.74, 6) is -0.136. The van der Waals surface area contributed by atoms with E-state index < -0.39 is 6.04 Å². The number of benzene rings is 3. The third-order valence-corrected chi connectivity index (χ3v) is 5.47. The molecule has 0 aliphatic carbocycles. The van der Waals surface area contributed by atoms with Gasteiger partial charge >= 0.3 is 0 Å². The topological polar surface area (TPSA) is 58.6 Å². The van der Waals surface area contributed by atoms with Crippen LogP contribution in [0.4, 0.5) is 10.1 Å². The lowest BCUT2D eigenvalue weighted by molar-refractivity contribution is -0.136. The molecule has 1 saturated heterocycles. The van der Waals surface area contributed by atoms with Gasteiger partial charge in [0.25, 0.3) is 0 Å². The van der Waals surface area contributed by atoms with Gasteiger partial charge in [-0.1, -0.05) is 48.5 Å². The predicted molar refractivity (Wildman–Crippen MR) is 121 cm³/mol. The van der Waals surface area contributed by atoms with Crippen LogP contribution in [-0.2, 0) is 22.6 Å². The predicted octanol–water partition coefficient (Wildman–Crippen LogP) is 4.58. The molecule has 0 spiro atoms. The summed E-state index contributed by atoms with van der Waals surface area (Å²) in [5.41, 5.74) is 2.42. The number of carbonyl (C=O) groups excluding carboxylic acids is 2. The lowest BCUT2D eigenvalue weighted by Gasteiger charge is -2.24. The maximum atomic E-state index is 13.3. The van der Waals surface area contributed by atoms with E-state index in [-0.39, 0.29) is 30.7 Å². The van der Waals surface area contributed by atoms with Gasteiger partial charge in [0.05, 0.1) is 6.42 Å². The highest BCUT2D eigenvalue weighted by atomic mass is 19.1. The van der Waals surface area contributed by atoms with E-state index in [0.29, 0.717) is 24.4 Å². The molecule has 1 unspecified atom stereocenters. The molecule has 0 saturated carbocycles. The number of amides is 2. The Kier molecular flexibility index (Phi) is 6.80. The second-order valence-electron chi connectivity index (χ2n) is 7.84. The first-order valence-electron chi connectivity index (χ1n) is 10.7. The van der Waals surface area contributed by atoms with Gasteiger partial charge < -0.3 is 15.0 Å². The Hall–Kier alpha value is -3.67. The molecule has 1 atom stereocenters. The van der Waals surface area contributed by atoms with Crippen LogP contribution in [0.1, 0.15) is 24.0 Å². The van der Waals surface area contributed by atoms with Crippen LogP contribution >= 0.6 is 0 Å². The number of carbonyl (C=O) groups is 2. The van der Waals surface area contributed by atoms with Gasteiger partial charge in [-0.15, -0.1) is 0 Å². The van der Waals surface area contributed by atoms with Crippen LogP contribution in [0, 0.1) is 5.82 Å². The number of nitrogens with zero attached hydrogens (tertiary/aromatic N) is 1. The van der Waals surface area contributed by atoms with Crippen molar-refractivity contribution in [3.8, 4) is 5.75 Å². The number of hydrogen-bond donors (Lipinski definition) is 1. The van der Waals surface area contributed by atoms with Crippen LogP contribution in [0.5, 0.6) is 5.75 Å². The van der Waals surface area contributed by atoms with E-state index in [1.54, 1.807) is 23.1 Å². The largest absolute Gasteiger partial charge is 0.489 e. The molecule has 2 amide bonds. The Morgan fingerprint density at radius 3 is 2.56 bits per heavy atom. The van der Waals surface area contributed by atoms with E-state index in [1.165, 1.54) is 12.1 Å². The van der Waals surface area contributed by atoms with E-state index >= 15 is 0 Å². The van der Waals surface area contributed by atoms with Crippen molar-refractivity contribution in [1.82, 2.24) is 4.90 Å². The summed E-state index contributed by atoms with van der Waals surface area (Å²) in [6.07, 6.45) is 1.74. The van der Waals surface area contributed by atoms with Crippen LogP contribution in [0.2, 0.25) is 0 Å². The first-order valence-corrected chi connectivity index (χ1v) is 10.7. The molecule has 0 radical (unpaired) electrons. The molecule has 1 N–H and O–H groups in total. The number of nitrogens with one attached hydrogen (secondary N) is 1. The van der Waals surface area contributed by atoms with Crippen molar-refractivity contribution < 1.29 is 18.7 Å². The SMILES string of the molecule is O=C(Nc1cccc(COc2cccc(F)c2)c1)C1CCCN1C(=O)Cc1ccccc1. The van der Waals surface area contributed by atoms with E-state index in [0.717, 1.165) is 17.5 Å². The molecular weight excluding hydrogens is 407 g/mol. The first kappa shape index (κ1) is 21.6. The van der Waals surface area contributed by atoms with Gasteiger partial charge in [-0.3, -0.25) is 9.59 Å². The number of hydrogen-bond acceptors (Lipinski definition) is 3. The quantitative estimate of drug-likeness (QED) is 0.595. The number of likely N-dealkylation sites (tertiary alicyclic amines) is 1. The Morgan fingerprint density at radius 1 is 0.969 bits per heavy atom. The molecule has 1 fully saturated rings. The van der Waals surface area contributed by atoms with Crippen LogP contribution < -0.4 is 10.1 Å². The number of halogens is 1. The minimum absolute atomic E-state index is 0.0360. The normalized spacial score (nSPS) is 15.4. The van der Waals surface area contributed by atoms with Crippen molar-refractivity contribution in [2.45, 2.75) is 31.9 Å². The van der Waals surface area contributed by atoms with Crippen molar-refractivity contribution in [2.75, 3.05) is 11.9 Å². The summed E-state index contributed by atoms with van der Waals surface area (Å²) in [6.45, 7) is 0.837. The molecule has 1 aliphatic rings. The zero-order valence-corrected chi connectivity index (χ0v) is 17.7. The summed E-state index contributed by atoms with van der Waals surface area (Å²) in [4.78, 5) is 27.4. The fraction of sp³-hybridized carbons (Fsp3) is 0.231. The van der Waals surface area contributed by atoms with Crippen LogP contribution in [-0.4, -0.2) is 29.3 Å². The second kappa shape index (κ2) is 10.1. The van der Waals surface area contributed by atoms with Gasteiger partial charge in [0.2, 0.25) is 11.8 Å². The smallest absolute Gasteiger partial charge is 0.247 e. The van der Waals surface area contributed by atoms with Crippen LogP contribution in [0.25, 0.3) is 0 Å². The molecule has 164 valence electrons. The Morgan fingerprint density at radius 2 is 1.75 bits per heavy atom. The zero-order valence-electron chi connectivity index (χ0n) is 17.7. The molecule has 6 heteroatoms. The Balaban J connectivity index is 1.36. The minimum atomic E-state index is -0.474. The van der Waals surface area contributed by atoms with E-state index in [4.69, 9.17) is 4.74 Å². The molecule has 1 heterocycles.